The maximum atomic E-state index is 13.9. The third-order valence-corrected chi connectivity index (χ3v) is 2.38. The van der Waals surface area contributed by atoms with Gasteiger partial charge in [0.05, 0.1) is 0 Å². The second kappa shape index (κ2) is 5.23. The normalized spacial score (nSPS) is 10.7. The van der Waals surface area contributed by atoms with Crippen molar-refractivity contribution in [3.05, 3.63) is 60.2 Å². The fraction of sp³-hybridized carbons (Fsp3) is 0. The molecule has 0 unspecified atom stereocenters. The Bertz CT molecular complexity index is 594. The number of pyridine rings is 1. The fourth-order valence-electron chi connectivity index (χ4n) is 1.56. The van der Waals surface area contributed by atoms with E-state index in [0.29, 0.717) is 16.7 Å². The molecule has 0 saturated carbocycles. The second-order valence-corrected chi connectivity index (χ2v) is 3.65. The summed E-state index contributed by atoms with van der Waals surface area (Å²) in [4.78, 5) is 14.3. The van der Waals surface area contributed by atoms with Gasteiger partial charge in [-0.25, -0.2) is 9.18 Å². The van der Waals surface area contributed by atoms with Crippen molar-refractivity contribution < 1.29 is 14.3 Å². The Labute approximate surface area is 103 Å². The number of aliphatic carboxylic acids is 1. The van der Waals surface area contributed by atoms with Crippen molar-refractivity contribution >= 4 is 12.0 Å². The third-order valence-electron chi connectivity index (χ3n) is 2.38. The molecule has 3 nitrogen and oxygen atoms in total. The molecule has 0 bridgehead atoms. The molecule has 18 heavy (non-hydrogen) atoms. The van der Waals surface area contributed by atoms with Crippen LogP contribution in [0.15, 0.2) is 48.8 Å². The first kappa shape index (κ1) is 12.0. The Hall–Kier alpha value is -2.49. The van der Waals surface area contributed by atoms with Crippen LogP contribution in [-0.2, 0) is 4.79 Å². The molecule has 1 N–H and O–H groups in total. The largest absolute Gasteiger partial charge is 0.478 e. The molecule has 0 amide bonds. The molecule has 0 saturated heterocycles. The van der Waals surface area contributed by atoms with Gasteiger partial charge in [-0.2, -0.15) is 0 Å². The van der Waals surface area contributed by atoms with Gasteiger partial charge >= 0.3 is 5.97 Å². The quantitative estimate of drug-likeness (QED) is 0.843. The van der Waals surface area contributed by atoms with Crippen LogP contribution in [0.1, 0.15) is 5.56 Å². The van der Waals surface area contributed by atoms with Crippen LogP contribution < -0.4 is 0 Å². The number of aromatic nitrogens is 1. The Balaban J connectivity index is 2.34. The monoisotopic (exact) mass is 243 g/mol. The molecule has 0 radical (unpaired) electrons. The highest BCUT2D eigenvalue weighted by atomic mass is 19.1. The lowest BCUT2D eigenvalue weighted by atomic mass is 10.0. The molecule has 0 aliphatic carbocycles. The standard InChI is InChI=1S/C14H10FNO2/c15-13-8-10(4-6-14(17)18)3-5-12(13)11-2-1-7-16-9-11/h1-9H,(H,17,18). The lowest BCUT2D eigenvalue weighted by Gasteiger charge is -2.03. The van der Waals surface area contributed by atoms with Gasteiger partial charge in [-0.05, 0) is 23.8 Å². The number of carbonyl (C=O) groups is 1. The maximum absolute atomic E-state index is 13.9. The van der Waals surface area contributed by atoms with Gasteiger partial charge < -0.3 is 5.11 Å². The highest BCUT2D eigenvalue weighted by Gasteiger charge is 2.05. The van der Waals surface area contributed by atoms with Crippen molar-refractivity contribution in [2.24, 2.45) is 0 Å². The first-order valence-electron chi connectivity index (χ1n) is 5.28. The van der Waals surface area contributed by atoms with Gasteiger partial charge in [0.15, 0.2) is 0 Å². The predicted octanol–water partition coefficient (Wildman–Crippen LogP) is 2.99. The molecular weight excluding hydrogens is 233 g/mol. The summed E-state index contributed by atoms with van der Waals surface area (Å²) < 4.78 is 13.9. The second-order valence-electron chi connectivity index (χ2n) is 3.65. The van der Waals surface area contributed by atoms with Crippen LogP contribution in [0.5, 0.6) is 0 Å². The van der Waals surface area contributed by atoms with Crippen molar-refractivity contribution in [1.82, 2.24) is 4.98 Å². The minimum absolute atomic E-state index is 0.407. The van der Waals surface area contributed by atoms with Gasteiger partial charge in [-0.3, -0.25) is 4.98 Å². The number of nitrogens with zero attached hydrogens (tertiary/aromatic N) is 1. The lowest BCUT2D eigenvalue weighted by molar-refractivity contribution is -0.131. The van der Waals surface area contributed by atoms with Crippen molar-refractivity contribution in [3.63, 3.8) is 0 Å². The zero-order chi connectivity index (χ0) is 13.0. The van der Waals surface area contributed by atoms with Crippen LogP contribution in [0.25, 0.3) is 17.2 Å². The van der Waals surface area contributed by atoms with Gasteiger partial charge in [-0.1, -0.05) is 18.2 Å². The van der Waals surface area contributed by atoms with Crippen molar-refractivity contribution in [3.8, 4) is 11.1 Å². The van der Waals surface area contributed by atoms with Crippen molar-refractivity contribution in [2.75, 3.05) is 0 Å². The Morgan fingerprint density at radius 2 is 2.17 bits per heavy atom. The summed E-state index contributed by atoms with van der Waals surface area (Å²) in [5.74, 6) is -1.47. The summed E-state index contributed by atoms with van der Waals surface area (Å²) >= 11 is 0. The number of hydrogen-bond acceptors (Lipinski definition) is 2. The van der Waals surface area contributed by atoms with E-state index >= 15 is 0 Å². The summed E-state index contributed by atoms with van der Waals surface area (Å²) in [6.07, 6.45) is 5.51. The van der Waals surface area contributed by atoms with Crippen molar-refractivity contribution in [2.45, 2.75) is 0 Å². The average molecular weight is 243 g/mol. The summed E-state index contributed by atoms with van der Waals surface area (Å²) in [6, 6.07) is 8.05. The summed E-state index contributed by atoms with van der Waals surface area (Å²) in [5.41, 5.74) is 1.63. The van der Waals surface area contributed by atoms with E-state index in [1.807, 2.05) is 0 Å². The topological polar surface area (TPSA) is 50.2 Å². The summed E-state index contributed by atoms with van der Waals surface area (Å²) in [5, 5.41) is 8.49. The molecule has 4 heteroatoms. The minimum Gasteiger partial charge on any atom is -0.478 e. The maximum Gasteiger partial charge on any atom is 0.328 e. The Morgan fingerprint density at radius 1 is 1.33 bits per heavy atom. The molecular formula is C14H10FNO2. The first-order valence-corrected chi connectivity index (χ1v) is 5.28. The van der Waals surface area contributed by atoms with E-state index in [-0.39, 0.29) is 0 Å². The number of rotatable bonds is 3. The molecule has 0 aliphatic heterocycles. The van der Waals surface area contributed by atoms with Crippen LogP contribution >= 0.6 is 0 Å². The highest BCUT2D eigenvalue weighted by Crippen LogP contribution is 2.23. The van der Waals surface area contributed by atoms with Crippen molar-refractivity contribution in [1.29, 1.82) is 0 Å². The van der Waals surface area contributed by atoms with E-state index in [2.05, 4.69) is 4.98 Å². The SMILES string of the molecule is O=C(O)C=Cc1ccc(-c2cccnc2)c(F)c1. The number of halogens is 1. The van der Waals surface area contributed by atoms with Gasteiger partial charge in [0.1, 0.15) is 5.82 Å². The number of carboxylic acid groups (broad SMARTS) is 1. The smallest absolute Gasteiger partial charge is 0.328 e. The van der Waals surface area contributed by atoms with Gasteiger partial charge in [0.2, 0.25) is 0 Å². The van der Waals surface area contributed by atoms with Gasteiger partial charge in [0.25, 0.3) is 0 Å². The van der Waals surface area contributed by atoms with Crippen LogP contribution in [0, 0.1) is 5.82 Å². The zero-order valence-corrected chi connectivity index (χ0v) is 9.38. The van der Waals surface area contributed by atoms with Crippen LogP contribution in [0.2, 0.25) is 0 Å². The number of carboxylic acids is 1. The Morgan fingerprint density at radius 3 is 2.78 bits per heavy atom. The molecule has 0 fully saturated rings. The Kier molecular flexibility index (Phi) is 3.48. The van der Waals surface area contributed by atoms with Gasteiger partial charge in [0, 0.05) is 29.6 Å². The zero-order valence-electron chi connectivity index (χ0n) is 9.38. The van der Waals surface area contributed by atoms with E-state index in [0.717, 1.165) is 6.08 Å². The van der Waals surface area contributed by atoms with E-state index in [4.69, 9.17) is 5.11 Å². The molecule has 1 aromatic heterocycles. The minimum atomic E-state index is -1.06. The number of hydrogen-bond donors (Lipinski definition) is 1. The van der Waals surface area contributed by atoms with Crippen LogP contribution in [0.3, 0.4) is 0 Å². The molecule has 0 spiro atoms. The molecule has 2 rings (SSSR count). The molecule has 0 atom stereocenters. The number of benzene rings is 1. The highest BCUT2D eigenvalue weighted by molar-refractivity contribution is 5.85. The van der Waals surface area contributed by atoms with E-state index in [1.54, 1.807) is 36.7 Å². The van der Waals surface area contributed by atoms with Gasteiger partial charge in [-0.15, -0.1) is 0 Å². The van der Waals surface area contributed by atoms with E-state index in [9.17, 15) is 9.18 Å². The summed E-state index contributed by atoms with van der Waals surface area (Å²) in [6.45, 7) is 0. The van der Waals surface area contributed by atoms with Crippen LogP contribution in [-0.4, -0.2) is 16.1 Å². The molecule has 1 aromatic carbocycles. The summed E-state index contributed by atoms with van der Waals surface area (Å²) in [7, 11) is 0. The van der Waals surface area contributed by atoms with E-state index in [1.165, 1.54) is 12.1 Å². The average Bonchev–Trinajstić information content (AvgIpc) is 2.37. The molecule has 90 valence electrons. The first-order chi connectivity index (χ1) is 8.66. The molecule has 0 aliphatic rings. The molecule has 1 heterocycles. The van der Waals surface area contributed by atoms with Crippen LogP contribution in [0.4, 0.5) is 4.39 Å². The van der Waals surface area contributed by atoms with E-state index < -0.39 is 11.8 Å². The third kappa shape index (κ3) is 2.79. The molecule has 2 aromatic rings. The lowest BCUT2D eigenvalue weighted by Crippen LogP contribution is -1.88. The fourth-order valence-corrected chi connectivity index (χ4v) is 1.56. The predicted molar refractivity (Wildman–Crippen MR) is 66.3 cm³/mol.